The summed E-state index contributed by atoms with van der Waals surface area (Å²) >= 11 is 0. The van der Waals surface area contributed by atoms with Crippen molar-refractivity contribution >= 4 is 23.2 Å². The molecule has 0 unspecified atom stereocenters. The van der Waals surface area contributed by atoms with E-state index in [0.717, 1.165) is 11.3 Å². The fraction of sp³-hybridized carbons (Fsp3) is 0.200. The average molecular weight is 270 g/mol. The standard InChI is InChI=1S/C15H14N2O3/c1-9-12(6-7-20-9)15(19)16-11-3-4-13-10(8-11)2-5-14(18)17-13/h3-4,6-8H,2,5H2,1H3,(H,16,19)(H,17,18). The van der Waals surface area contributed by atoms with Crippen molar-refractivity contribution in [3.63, 3.8) is 0 Å². The molecule has 1 aromatic carbocycles. The number of hydrogen-bond acceptors (Lipinski definition) is 3. The van der Waals surface area contributed by atoms with Crippen LogP contribution in [0.1, 0.15) is 28.1 Å². The number of amides is 2. The summed E-state index contributed by atoms with van der Waals surface area (Å²) in [6.45, 7) is 1.75. The number of rotatable bonds is 2. The zero-order valence-electron chi connectivity index (χ0n) is 11.0. The monoisotopic (exact) mass is 270 g/mol. The zero-order chi connectivity index (χ0) is 14.1. The van der Waals surface area contributed by atoms with Crippen LogP contribution >= 0.6 is 0 Å². The zero-order valence-corrected chi connectivity index (χ0v) is 11.0. The molecule has 0 saturated heterocycles. The molecule has 0 saturated carbocycles. The van der Waals surface area contributed by atoms with Crippen LogP contribution in [-0.4, -0.2) is 11.8 Å². The summed E-state index contributed by atoms with van der Waals surface area (Å²) < 4.78 is 5.12. The molecule has 0 fully saturated rings. The molecule has 20 heavy (non-hydrogen) atoms. The van der Waals surface area contributed by atoms with Crippen LogP contribution in [0.25, 0.3) is 0 Å². The Morgan fingerprint density at radius 2 is 2.15 bits per heavy atom. The Morgan fingerprint density at radius 3 is 2.90 bits per heavy atom. The Balaban J connectivity index is 1.80. The van der Waals surface area contributed by atoms with Gasteiger partial charge in [0.2, 0.25) is 5.91 Å². The molecule has 0 atom stereocenters. The number of carbonyl (C=O) groups excluding carboxylic acids is 2. The van der Waals surface area contributed by atoms with E-state index in [-0.39, 0.29) is 11.8 Å². The average Bonchev–Trinajstić information content (AvgIpc) is 2.85. The number of anilines is 2. The fourth-order valence-corrected chi connectivity index (χ4v) is 2.28. The summed E-state index contributed by atoms with van der Waals surface area (Å²) in [4.78, 5) is 23.4. The van der Waals surface area contributed by atoms with Gasteiger partial charge in [-0.1, -0.05) is 0 Å². The molecular weight excluding hydrogens is 256 g/mol. The summed E-state index contributed by atoms with van der Waals surface area (Å²) in [6, 6.07) is 7.12. The van der Waals surface area contributed by atoms with Crippen LogP contribution in [0.2, 0.25) is 0 Å². The number of fused-ring (bicyclic) bond motifs is 1. The fourth-order valence-electron chi connectivity index (χ4n) is 2.28. The first kappa shape index (κ1) is 12.5. The van der Waals surface area contributed by atoms with E-state index in [1.54, 1.807) is 19.1 Å². The number of furan rings is 1. The highest BCUT2D eigenvalue weighted by molar-refractivity contribution is 6.05. The minimum atomic E-state index is -0.198. The van der Waals surface area contributed by atoms with Gasteiger partial charge in [-0.3, -0.25) is 9.59 Å². The molecular formula is C15H14N2O3. The topological polar surface area (TPSA) is 71.3 Å². The lowest BCUT2D eigenvalue weighted by Crippen LogP contribution is -2.19. The Labute approximate surface area is 116 Å². The maximum Gasteiger partial charge on any atom is 0.259 e. The van der Waals surface area contributed by atoms with Crippen LogP contribution in [0.4, 0.5) is 11.4 Å². The van der Waals surface area contributed by atoms with Crippen molar-refractivity contribution in [2.45, 2.75) is 19.8 Å². The van der Waals surface area contributed by atoms with E-state index in [0.29, 0.717) is 29.9 Å². The van der Waals surface area contributed by atoms with Gasteiger partial charge in [-0.25, -0.2) is 0 Å². The van der Waals surface area contributed by atoms with E-state index < -0.39 is 0 Å². The number of nitrogens with one attached hydrogen (secondary N) is 2. The second-order valence-electron chi connectivity index (χ2n) is 4.76. The molecule has 5 nitrogen and oxygen atoms in total. The number of benzene rings is 1. The molecule has 5 heteroatoms. The third kappa shape index (κ3) is 2.30. The maximum atomic E-state index is 12.1. The third-order valence-corrected chi connectivity index (χ3v) is 3.36. The summed E-state index contributed by atoms with van der Waals surface area (Å²) in [7, 11) is 0. The van der Waals surface area contributed by atoms with Gasteiger partial charge in [0.05, 0.1) is 11.8 Å². The highest BCUT2D eigenvalue weighted by atomic mass is 16.3. The van der Waals surface area contributed by atoms with Crippen molar-refractivity contribution in [1.82, 2.24) is 0 Å². The molecule has 102 valence electrons. The largest absolute Gasteiger partial charge is 0.469 e. The Morgan fingerprint density at radius 1 is 1.30 bits per heavy atom. The second kappa shape index (κ2) is 4.85. The molecule has 1 aliphatic rings. The van der Waals surface area contributed by atoms with E-state index in [1.807, 2.05) is 12.1 Å². The molecule has 0 radical (unpaired) electrons. The van der Waals surface area contributed by atoms with Gasteiger partial charge >= 0.3 is 0 Å². The third-order valence-electron chi connectivity index (χ3n) is 3.36. The maximum absolute atomic E-state index is 12.1. The first-order chi connectivity index (χ1) is 9.63. The smallest absolute Gasteiger partial charge is 0.259 e. The van der Waals surface area contributed by atoms with Gasteiger partial charge in [-0.2, -0.15) is 0 Å². The van der Waals surface area contributed by atoms with Crippen LogP contribution in [0.15, 0.2) is 34.9 Å². The minimum Gasteiger partial charge on any atom is -0.469 e. The normalized spacial score (nSPS) is 13.6. The molecule has 3 rings (SSSR count). The first-order valence-corrected chi connectivity index (χ1v) is 6.42. The molecule has 1 aliphatic heterocycles. The van der Waals surface area contributed by atoms with E-state index in [1.165, 1.54) is 6.26 Å². The molecule has 0 aliphatic carbocycles. The lowest BCUT2D eigenvalue weighted by atomic mass is 10.0. The van der Waals surface area contributed by atoms with E-state index in [2.05, 4.69) is 10.6 Å². The van der Waals surface area contributed by atoms with Crippen LogP contribution in [0, 0.1) is 6.92 Å². The molecule has 2 aromatic rings. The molecule has 0 bridgehead atoms. The van der Waals surface area contributed by atoms with Gasteiger partial charge in [-0.15, -0.1) is 0 Å². The van der Waals surface area contributed by atoms with Crippen molar-refractivity contribution in [2.75, 3.05) is 10.6 Å². The van der Waals surface area contributed by atoms with Crippen molar-refractivity contribution in [3.05, 3.63) is 47.4 Å². The van der Waals surface area contributed by atoms with Crippen LogP contribution in [0.3, 0.4) is 0 Å². The van der Waals surface area contributed by atoms with Gasteiger partial charge in [0.25, 0.3) is 5.91 Å². The van der Waals surface area contributed by atoms with E-state index in [9.17, 15) is 9.59 Å². The summed E-state index contributed by atoms with van der Waals surface area (Å²) in [6.07, 6.45) is 2.66. The van der Waals surface area contributed by atoms with Crippen molar-refractivity contribution in [1.29, 1.82) is 0 Å². The summed E-state index contributed by atoms with van der Waals surface area (Å²) in [5.74, 6) is 0.423. The number of aryl methyl sites for hydroxylation is 2. The minimum absolute atomic E-state index is 0.0308. The number of hydrogen-bond donors (Lipinski definition) is 2. The lowest BCUT2D eigenvalue weighted by molar-refractivity contribution is -0.116. The van der Waals surface area contributed by atoms with Gasteiger partial charge in [0, 0.05) is 17.8 Å². The van der Waals surface area contributed by atoms with E-state index >= 15 is 0 Å². The molecule has 1 aromatic heterocycles. The van der Waals surface area contributed by atoms with E-state index in [4.69, 9.17) is 4.42 Å². The SMILES string of the molecule is Cc1occc1C(=O)Nc1ccc2c(c1)CCC(=O)N2. The van der Waals surface area contributed by atoms with Crippen LogP contribution in [-0.2, 0) is 11.2 Å². The second-order valence-corrected chi connectivity index (χ2v) is 4.76. The Bertz CT molecular complexity index is 688. The van der Waals surface area contributed by atoms with Crippen LogP contribution in [0.5, 0.6) is 0 Å². The quantitative estimate of drug-likeness (QED) is 0.881. The summed E-state index contributed by atoms with van der Waals surface area (Å²) in [5, 5.41) is 5.65. The summed E-state index contributed by atoms with van der Waals surface area (Å²) in [5.41, 5.74) is 3.09. The van der Waals surface area contributed by atoms with Gasteiger partial charge in [-0.05, 0) is 43.2 Å². The van der Waals surface area contributed by atoms with Crippen molar-refractivity contribution in [2.24, 2.45) is 0 Å². The molecule has 2 amide bonds. The van der Waals surface area contributed by atoms with Gasteiger partial charge in [0.15, 0.2) is 0 Å². The molecule has 0 spiro atoms. The lowest BCUT2D eigenvalue weighted by Gasteiger charge is -2.17. The Kier molecular flexibility index (Phi) is 3.02. The first-order valence-electron chi connectivity index (χ1n) is 6.42. The van der Waals surface area contributed by atoms with Crippen molar-refractivity contribution < 1.29 is 14.0 Å². The highest BCUT2D eigenvalue weighted by Gasteiger charge is 2.16. The predicted octanol–water partition coefficient (Wildman–Crippen LogP) is 2.73. The highest BCUT2D eigenvalue weighted by Crippen LogP contribution is 2.26. The Hall–Kier alpha value is -2.56. The van der Waals surface area contributed by atoms with Crippen molar-refractivity contribution in [3.8, 4) is 0 Å². The number of carbonyl (C=O) groups is 2. The van der Waals surface area contributed by atoms with Gasteiger partial charge < -0.3 is 15.1 Å². The molecule has 2 N–H and O–H groups in total. The molecule has 2 heterocycles. The van der Waals surface area contributed by atoms with Crippen LogP contribution < -0.4 is 10.6 Å². The van der Waals surface area contributed by atoms with Gasteiger partial charge in [0.1, 0.15) is 5.76 Å². The predicted molar refractivity (Wildman–Crippen MR) is 74.8 cm³/mol.